The molecule has 0 atom stereocenters. The summed E-state index contributed by atoms with van der Waals surface area (Å²) in [6.07, 6.45) is 1.60. The number of hydrogen-bond donors (Lipinski definition) is 1. The highest BCUT2D eigenvalue weighted by atomic mass is 32.2. The highest BCUT2D eigenvalue weighted by molar-refractivity contribution is 7.99. The predicted octanol–water partition coefficient (Wildman–Crippen LogP) is 4.59. The Morgan fingerprint density at radius 1 is 1.12 bits per heavy atom. The van der Waals surface area contributed by atoms with Crippen LogP contribution in [0.25, 0.3) is 11.3 Å². The molecule has 25 heavy (non-hydrogen) atoms. The smallest absolute Gasteiger partial charge is 0.288 e. The first-order valence-electron chi connectivity index (χ1n) is 7.45. The van der Waals surface area contributed by atoms with E-state index in [0.29, 0.717) is 33.9 Å². The molecule has 0 saturated heterocycles. The lowest BCUT2D eigenvalue weighted by atomic mass is 10.2. The summed E-state index contributed by atoms with van der Waals surface area (Å²) in [5.74, 6) is -1.80. The molecule has 0 aliphatic rings. The third-order valence-corrected chi connectivity index (χ3v) is 4.08. The summed E-state index contributed by atoms with van der Waals surface area (Å²) in [5, 5.41) is 2.69. The first-order chi connectivity index (χ1) is 12.1. The average molecular weight is 360 g/mol. The second kappa shape index (κ2) is 7.94. The van der Waals surface area contributed by atoms with Crippen LogP contribution in [0.2, 0.25) is 0 Å². The molecule has 1 N–H and O–H groups in total. The minimum absolute atomic E-state index is 0.138. The topological polar surface area (TPSA) is 55.1 Å². The minimum atomic E-state index is -2.48. The molecule has 4 nitrogen and oxygen atoms in total. The molecule has 3 aromatic rings. The number of benzene rings is 2. The Kier molecular flexibility index (Phi) is 5.45. The monoisotopic (exact) mass is 360 g/mol. The average Bonchev–Trinajstić information content (AvgIpc) is 3.10. The number of carbonyl (C=O) groups is 1. The molecule has 2 aromatic carbocycles. The first kappa shape index (κ1) is 17.2. The van der Waals surface area contributed by atoms with Crippen molar-refractivity contribution in [2.45, 2.75) is 17.2 Å². The molecule has 1 aromatic heterocycles. The van der Waals surface area contributed by atoms with Crippen molar-refractivity contribution in [2.24, 2.45) is 0 Å². The van der Waals surface area contributed by atoms with Crippen molar-refractivity contribution in [3.8, 4) is 11.3 Å². The van der Waals surface area contributed by atoms with E-state index in [1.807, 2.05) is 30.3 Å². The molecule has 0 fully saturated rings. The van der Waals surface area contributed by atoms with E-state index in [9.17, 15) is 13.6 Å². The lowest BCUT2D eigenvalue weighted by molar-refractivity contribution is 0.0947. The summed E-state index contributed by atoms with van der Waals surface area (Å²) < 4.78 is 30.2. The summed E-state index contributed by atoms with van der Waals surface area (Å²) in [4.78, 5) is 16.6. The van der Waals surface area contributed by atoms with Gasteiger partial charge in [0.15, 0.2) is 5.76 Å². The molecular weight excluding hydrogens is 346 g/mol. The number of nitrogens with one attached hydrogen (secondary N) is 1. The van der Waals surface area contributed by atoms with Crippen LogP contribution in [-0.2, 0) is 6.54 Å². The van der Waals surface area contributed by atoms with Gasteiger partial charge in [-0.15, -0.1) is 0 Å². The zero-order chi connectivity index (χ0) is 17.6. The van der Waals surface area contributed by atoms with Crippen LogP contribution in [0.15, 0.2) is 70.1 Å². The van der Waals surface area contributed by atoms with Crippen molar-refractivity contribution in [2.75, 3.05) is 0 Å². The molecular formula is C18H14F2N2O2S. The maximum atomic E-state index is 12.3. The van der Waals surface area contributed by atoms with Gasteiger partial charge in [0.25, 0.3) is 11.7 Å². The normalized spacial score (nSPS) is 10.8. The molecule has 0 aliphatic carbocycles. The summed E-state index contributed by atoms with van der Waals surface area (Å²) in [6, 6.07) is 15.5. The number of aromatic nitrogens is 1. The third kappa shape index (κ3) is 4.67. The summed E-state index contributed by atoms with van der Waals surface area (Å²) in [6.45, 7) is 0.138. The van der Waals surface area contributed by atoms with E-state index in [4.69, 9.17) is 4.42 Å². The van der Waals surface area contributed by atoms with Crippen LogP contribution in [0.4, 0.5) is 8.78 Å². The van der Waals surface area contributed by atoms with Gasteiger partial charge in [0.1, 0.15) is 0 Å². The Bertz CT molecular complexity index is 836. The maximum absolute atomic E-state index is 12.3. The Labute approximate surface area is 147 Å². The van der Waals surface area contributed by atoms with Crippen LogP contribution >= 0.6 is 11.8 Å². The van der Waals surface area contributed by atoms with Crippen LogP contribution in [0.3, 0.4) is 0 Å². The number of rotatable bonds is 6. The maximum Gasteiger partial charge on any atom is 0.288 e. The summed E-state index contributed by atoms with van der Waals surface area (Å²) in [7, 11) is 0. The SMILES string of the molecule is O=C(NCc1ncc(-c2ccccc2)o1)c1ccc(SC(F)F)cc1. The fourth-order valence-corrected chi connectivity index (χ4v) is 2.67. The van der Waals surface area contributed by atoms with Gasteiger partial charge in [-0.1, -0.05) is 42.1 Å². The van der Waals surface area contributed by atoms with Gasteiger partial charge >= 0.3 is 0 Å². The van der Waals surface area contributed by atoms with E-state index in [0.717, 1.165) is 5.56 Å². The van der Waals surface area contributed by atoms with Crippen LogP contribution in [0.5, 0.6) is 0 Å². The van der Waals surface area contributed by atoms with Crippen molar-refractivity contribution in [3.05, 3.63) is 72.2 Å². The number of hydrogen-bond acceptors (Lipinski definition) is 4. The zero-order valence-electron chi connectivity index (χ0n) is 13.0. The third-order valence-electron chi connectivity index (χ3n) is 3.35. The van der Waals surface area contributed by atoms with Gasteiger partial charge in [0.05, 0.1) is 12.7 Å². The Hall–Kier alpha value is -2.67. The summed E-state index contributed by atoms with van der Waals surface area (Å²) >= 11 is 0.440. The van der Waals surface area contributed by atoms with Crippen molar-refractivity contribution >= 4 is 17.7 Å². The quantitative estimate of drug-likeness (QED) is 0.654. The lowest BCUT2D eigenvalue weighted by Gasteiger charge is -2.04. The van der Waals surface area contributed by atoms with Gasteiger partial charge in [-0.2, -0.15) is 8.78 Å². The van der Waals surface area contributed by atoms with Gasteiger partial charge in [-0.05, 0) is 24.3 Å². The zero-order valence-corrected chi connectivity index (χ0v) is 13.8. The van der Waals surface area contributed by atoms with Crippen molar-refractivity contribution in [1.82, 2.24) is 10.3 Å². The standard InChI is InChI=1S/C18H14F2N2O2S/c19-18(20)25-14-8-6-13(7-9-14)17(23)22-11-16-21-10-15(24-16)12-4-2-1-3-5-12/h1-10,18H,11H2,(H,22,23). The van der Waals surface area contributed by atoms with Gasteiger partial charge in [-0.3, -0.25) is 4.79 Å². The number of alkyl halides is 2. The number of halogens is 2. The Morgan fingerprint density at radius 2 is 1.84 bits per heavy atom. The molecule has 0 saturated carbocycles. The van der Waals surface area contributed by atoms with E-state index in [-0.39, 0.29) is 12.5 Å². The highest BCUT2D eigenvalue weighted by Gasteiger charge is 2.10. The molecule has 3 rings (SSSR count). The highest BCUT2D eigenvalue weighted by Crippen LogP contribution is 2.25. The number of oxazole rings is 1. The van der Waals surface area contributed by atoms with Gasteiger partial charge in [0.2, 0.25) is 5.89 Å². The van der Waals surface area contributed by atoms with Gasteiger partial charge < -0.3 is 9.73 Å². The Balaban J connectivity index is 1.58. The molecule has 1 heterocycles. The molecule has 0 radical (unpaired) electrons. The minimum Gasteiger partial charge on any atom is -0.439 e. The van der Waals surface area contributed by atoms with Crippen molar-refractivity contribution in [1.29, 1.82) is 0 Å². The molecule has 0 aliphatic heterocycles. The van der Waals surface area contributed by atoms with Gasteiger partial charge in [-0.25, -0.2) is 4.98 Å². The lowest BCUT2D eigenvalue weighted by Crippen LogP contribution is -2.22. The number of amides is 1. The largest absolute Gasteiger partial charge is 0.439 e. The molecule has 0 spiro atoms. The fourth-order valence-electron chi connectivity index (χ4n) is 2.17. The van der Waals surface area contributed by atoms with E-state index in [2.05, 4.69) is 10.3 Å². The van der Waals surface area contributed by atoms with Crippen molar-refractivity contribution < 1.29 is 18.0 Å². The Morgan fingerprint density at radius 3 is 2.52 bits per heavy atom. The number of carbonyl (C=O) groups excluding carboxylic acids is 1. The molecule has 1 amide bonds. The van der Waals surface area contributed by atoms with E-state index < -0.39 is 5.76 Å². The molecule has 128 valence electrons. The number of nitrogens with zero attached hydrogens (tertiary/aromatic N) is 1. The van der Waals surface area contributed by atoms with E-state index in [1.165, 1.54) is 24.3 Å². The fraction of sp³-hybridized carbons (Fsp3) is 0.111. The van der Waals surface area contributed by atoms with Crippen LogP contribution < -0.4 is 5.32 Å². The van der Waals surface area contributed by atoms with Crippen molar-refractivity contribution in [3.63, 3.8) is 0 Å². The van der Waals surface area contributed by atoms with E-state index >= 15 is 0 Å². The first-order valence-corrected chi connectivity index (χ1v) is 8.33. The van der Waals surface area contributed by atoms with Crippen LogP contribution in [0, 0.1) is 0 Å². The van der Waals surface area contributed by atoms with Crippen LogP contribution in [-0.4, -0.2) is 16.6 Å². The van der Waals surface area contributed by atoms with Crippen LogP contribution in [0.1, 0.15) is 16.2 Å². The van der Waals surface area contributed by atoms with Gasteiger partial charge in [0, 0.05) is 16.0 Å². The number of thioether (sulfide) groups is 1. The second-order valence-electron chi connectivity index (χ2n) is 5.07. The second-order valence-corrected chi connectivity index (χ2v) is 6.13. The molecule has 0 unspecified atom stereocenters. The molecule has 0 bridgehead atoms. The summed E-state index contributed by atoms with van der Waals surface area (Å²) in [5.41, 5.74) is 1.29. The van der Waals surface area contributed by atoms with E-state index in [1.54, 1.807) is 6.20 Å². The predicted molar refractivity (Wildman–Crippen MR) is 91.4 cm³/mol. The molecule has 7 heteroatoms.